The highest BCUT2D eigenvalue weighted by Gasteiger charge is 2.11. The molecule has 0 saturated carbocycles. The van der Waals surface area contributed by atoms with E-state index in [9.17, 15) is 5.26 Å². The van der Waals surface area contributed by atoms with Gasteiger partial charge in [0.05, 0.1) is 23.2 Å². The number of nitrogens with zero attached hydrogens (tertiary/aromatic N) is 1. The maximum absolute atomic E-state index is 9.53. The van der Waals surface area contributed by atoms with Gasteiger partial charge in [-0.05, 0) is 64.0 Å². The highest BCUT2D eigenvalue weighted by atomic mass is 79.9. The number of allylic oxidation sites excluding steroid dienone is 1. The number of halogens is 2. The van der Waals surface area contributed by atoms with Crippen LogP contribution in [0.1, 0.15) is 11.1 Å². The zero-order valence-electron chi connectivity index (χ0n) is 12.8. The number of ether oxygens (including phenoxy) is 2. The van der Waals surface area contributed by atoms with E-state index < -0.39 is 0 Å². The SMILES string of the molecule is C#CCOc1c(Br)cc(Br)cc1/C=C(\C#N)c1ccc(OC)cc1. The van der Waals surface area contributed by atoms with Gasteiger partial charge in [0.15, 0.2) is 0 Å². The standard InChI is InChI=1S/C19H13Br2NO2/c1-3-8-24-19-14(10-16(20)11-18(19)21)9-15(12-22)13-4-6-17(23-2)7-5-13/h1,4-7,9-11H,8H2,2H3/b15-9+. The summed E-state index contributed by atoms with van der Waals surface area (Å²) < 4.78 is 12.4. The first-order valence-electron chi connectivity index (χ1n) is 6.90. The van der Waals surface area contributed by atoms with Crippen molar-refractivity contribution in [2.75, 3.05) is 13.7 Å². The highest BCUT2D eigenvalue weighted by Crippen LogP contribution is 2.35. The fourth-order valence-corrected chi connectivity index (χ4v) is 3.43. The lowest BCUT2D eigenvalue weighted by Gasteiger charge is -2.11. The minimum Gasteiger partial charge on any atom is -0.497 e. The monoisotopic (exact) mass is 445 g/mol. The van der Waals surface area contributed by atoms with Crippen molar-refractivity contribution in [3.8, 4) is 29.9 Å². The first-order valence-corrected chi connectivity index (χ1v) is 8.49. The first-order chi connectivity index (χ1) is 11.6. The molecule has 0 heterocycles. The Bertz CT molecular complexity index is 843. The number of hydrogen-bond acceptors (Lipinski definition) is 3. The van der Waals surface area contributed by atoms with E-state index in [2.05, 4.69) is 43.8 Å². The Kier molecular flexibility index (Phi) is 6.49. The molecule has 120 valence electrons. The normalized spacial score (nSPS) is 10.6. The molecule has 2 aromatic rings. The lowest BCUT2D eigenvalue weighted by atomic mass is 10.0. The first kappa shape index (κ1) is 18.1. The largest absolute Gasteiger partial charge is 0.497 e. The molecule has 0 saturated heterocycles. The minimum atomic E-state index is 0.144. The number of rotatable bonds is 5. The average molecular weight is 447 g/mol. The second-order valence-corrected chi connectivity index (χ2v) is 6.47. The van der Waals surface area contributed by atoms with Gasteiger partial charge in [-0.2, -0.15) is 5.26 Å². The van der Waals surface area contributed by atoms with Crippen molar-refractivity contribution >= 4 is 43.5 Å². The van der Waals surface area contributed by atoms with Crippen molar-refractivity contribution in [2.45, 2.75) is 0 Å². The van der Waals surface area contributed by atoms with E-state index in [4.69, 9.17) is 15.9 Å². The van der Waals surface area contributed by atoms with Gasteiger partial charge >= 0.3 is 0 Å². The van der Waals surface area contributed by atoms with Crippen LogP contribution in [0.5, 0.6) is 11.5 Å². The average Bonchev–Trinajstić information content (AvgIpc) is 2.59. The summed E-state index contributed by atoms with van der Waals surface area (Å²) in [5.74, 6) is 3.77. The van der Waals surface area contributed by atoms with Crippen molar-refractivity contribution in [1.29, 1.82) is 5.26 Å². The summed E-state index contributed by atoms with van der Waals surface area (Å²) >= 11 is 6.91. The van der Waals surface area contributed by atoms with E-state index in [1.807, 2.05) is 36.4 Å². The van der Waals surface area contributed by atoms with E-state index in [1.54, 1.807) is 13.2 Å². The van der Waals surface area contributed by atoms with Crippen molar-refractivity contribution in [3.05, 3.63) is 56.5 Å². The molecule has 0 amide bonds. The number of hydrogen-bond donors (Lipinski definition) is 0. The lowest BCUT2D eigenvalue weighted by molar-refractivity contribution is 0.367. The molecule has 0 bridgehead atoms. The maximum atomic E-state index is 9.53. The van der Waals surface area contributed by atoms with Crippen LogP contribution >= 0.6 is 31.9 Å². The Morgan fingerprint density at radius 1 is 1.25 bits per heavy atom. The molecule has 0 unspecified atom stereocenters. The molecule has 0 aromatic heterocycles. The third-order valence-corrected chi connectivity index (χ3v) is 4.21. The van der Waals surface area contributed by atoms with E-state index in [0.29, 0.717) is 11.3 Å². The van der Waals surface area contributed by atoms with E-state index in [-0.39, 0.29) is 6.61 Å². The van der Waals surface area contributed by atoms with Crippen molar-refractivity contribution in [2.24, 2.45) is 0 Å². The minimum absolute atomic E-state index is 0.144. The quantitative estimate of drug-likeness (QED) is 0.355. The van der Waals surface area contributed by atoms with Gasteiger partial charge in [-0.25, -0.2) is 0 Å². The Morgan fingerprint density at radius 2 is 1.96 bits per heavy atom. The van der Waals surface area contributed by atoms with Gasteiger partial charge in [0.2, 0.25) is 0 Å². The topological polar surface area (TPSA) is 42.2 Å². The summed E-state index contributed by atoms with van der Waals surface area (Å²) in [7, 11) is 1.60. The summed E-state index contributed by atoms with van der Waals surface area (Å²) in [5.41, 5.74) is 2.05. The zero-order valence-corrected chi connectivity index (χ0v) is 16.0. The van der Waals surface area contributed by atoms with Gasteiger partial charge in [-0.1, -0.05) is 21.9 Å². The molecule has 0 atom stereocenters. The third-order valence-electron chi connectivity index (χ3n) is 3.16. The lowest BCUT2D eigenvalue weighted by Crippen LogP contribution is -1.97. The van der Waals surface area contributed by atoms with Crippen LogP contribution in [-0.4, -0.2) is 13.7 Å². The molecule has 2 aromatic carbocycles. The fourth-order valence-electron chi connectivity index (χ4n) is 2.06. The zero-order chi connectivity index (χ0) is 17.5. The molecule has 3 nitrogen and oxygen atoms in total. The van der Waals surface area contributed by atoms with Crippen LogP contribution in [-0.2, 0) is 0 Å². The Balaban J connectivity index is 2.50. The van der Waals surface area contributed by atoms with Crippen LogP contribution < -0.4 is 9.47 Å². The van der Waals surface area contributed by atoms with Crippen LogP contribution in [0.25, 0.3) is 11.6 Å². The Labute approximate surface area is 158 Å². The van der Waals surface area contributed by atoms with Crippen molar-refractivity contribution < 1.29 is 9.47 Å². The van der Waals surface area contributed by atoms with Crippen LogP contribution in [0.2, 0.25) is 0 Å². The van der Waals surface area contributed by atoms with E-state index >= 15 is 0 Å². The molecule has 0 radical (unpaired) electrons. The maximum Gasteiger partial charge on any atom is 0.148 e. The molecule has 5 heteroatoms. The van der Waals surface area contributed by atoms with Crippen LogP contribution in [0.15, 0.2) is 45.3 Å². The number of terminal acetylenes is 1. The second-order valence-electron chi connectivity index (χ2n) is 4.70. The molecule has 24 heavy (non-hydrogen) atoms. The molecule has 0 spiro atoms. The van der Waals surface area contributed by atoms with Crippen LogP contribution in [0.3, 0.4) is 0 Å². The molecular weight excluding hydrogens is 434 g/mol. The molecule has 0 aliphatic heterocycles. The summed E-state index contributed by atoms with van der Waals surface area (Å²) in [5, 5.41) is 9.53. The molecule has 0 fully saturated rings. The molecule has 0 N–H and O–H groups in total. The van der Waals surface area contributed by atoms with Gasteiger partial charge in [-0.15, -0.1) is 6.42 Å². The molecule has 0 aliphatic rings. The predicted molar refractivity (Wildman–Crippen MR) is 103 cm³/mol. The van der Waals surface area contributed by atoms with Crippen molar-refractivity contribution in [1.82, 2.24) is 0 Å². The third kappa shape index (κ3) is 4.41. The summed E-state index contributed by atoms with van der Waals surface area (Å²) in [6, 6.07) is 13.3. The molecule has 0 aliphatic carbocycles. The summed E-state index contributed by atoms with van der Waals surface area (Å²) in [6.07, 6.45) is 7.04. The predicted octanol–water partition coefficient (Wildman–Crippen LogP) is 5.30. The van der Waals surface area contributed by atoms with E-state index in [0.717, 1.165) is 25.8 Å². The van der Waals surface area contributed by atoms with Gasteiger partial charge in [0, 0.05) is 10.0 Å². The summed E-state index contributed by atoms with van der Waals surface area (Å²) in [4.78, 5) is 0. The van der Waals surface area contributed by atoms with Crippen LogP contribution in [0.4, 0.5) is 0 Å². The van der Waals surface area contributed by atoms with Gasteiger partial charge in [0.1, 0.15) is 18.1 Å². The van der Waals surface area contributed by atoms with Gasteiger partial charge < -0.3 is 9.47 Å². The van der Waals surface area contributed by atoms with E-state index in [1.165, 1.54) is 0 Å². The fraction of sp³-hybridized carbons (Fsp3) is 0.105. The Morgan fingerprint density at radius 3 is 2.54 bits per heavy atom. The number of methoxy groups -OCH3 is 1. The number of benzene rings is 2. The second kappa shape index (κ2) is 8.59. The Hall–Kier alpha value is -2.21. The van der Waals surface area contributed by atoms with Gasteiger partial charge in [0.25, 0.3) is 0 Å². The highest BCUT2D eigenvalue weighted by molar-refractivity contribution is 9.11. The molecule has 2 rings (SSSR count). The smallest absolute Gasteiger partial charge is 0.148 e. The summed E-state index contributed by atoms with van der Waals surface area (Å²) in [6.45, 7) is 0.144. The van der Waals surface area contributed by atoms with Gasteiger partial charge in [-0.3, -0.25) is 0 Å². The number of nitriles is 1. The van der Waals surface area contributed by atoms with Crippen molar-refractivity contribution in [3.63, 3.8) is 0 Å². The van der Waals surface area contributed by atoms with Crippen LogP contribution in [0, 0.1) is 23.7 Å². The molecular formula is C19H13Br2NO2.